The molecule has 0 bridgehead atoms. The topological polar surface area (TPSA) is 121 Å². The first-order chi connectivity index (χ1) is 21.4. The van der Waals surface area contributed by atoms with E-state index in [0.29, 0.717) is 6.61 Å². The molecule has 0 amide bonds. The zero-order valence-electron chi connectivity index (χ0n) is 24.5. The van der Waals surface area contributed by atoms with Crippen molar-refractivity contribution in [3.05, 3.63) is 131 Å². The van der Waals surface area contributed by atoms with Gasteiger partial charge in [0.2, 0.25) is 0 Å². The van der Waals surface area contributed by atoms with E-state index in [9.17, 15) is 19.2 Å². The molecule has 0 spiro atoms. The minimum atomic E-state index is -1.40. The average Bonchev–Trinajstić information content (AvgIpc) is 3.56. The Hall–Kier alpha value is -4.86. The monoisotopic (exact) mass is 597 g/mol. The van der Waals surface area contributed by atoms with E-state index in [2.05, 4.69) is 9.72 Å². The Morgan fingerprint density at radius 3 is 1.80 bits per heavy atom. The Bertz CT molecular complexity index is 1500. The van der Waals surface area contributed by atoms with Crippen LogP contribution in [0, 0.1) is 5.92 Å². The molecule has 0 saturated carbocycles. The largest absolute Gasteiger partial charge is 0.464 e. The molecule has 1 N–H and O–H groups in total. The van der Waals surface area contributed by atoms with Crippen LogP contribution in [-0.2, 0) is 48.4 Å². The summed E-state index contributed by atoms with van der Waals surface area (Å²) < 4.78 is 22.2. The van der Waals surface area contributed by atoms with Crippen LogP contribution in [-0.4, -0.2) is 48.3 Å². The molecule has 3 aromatic carbocycles. The lowest BCUT2D eigenvalue weighted by Gasteiger charge is -2.21. The van der Waals surface area contributed by atoms with Gasteiger partial charge in [0.25, 0.3) is 0 Å². The first-order valence-corrected chi connectivity index (χ1v) is 14.2. The molecular formula is C35H35NO8. The molecule has 0 aliphatic carbocycles. The molecule has 9 heteroatoms. The van der Waals surface area contributed by atoms with Crippen LogP contribution in [0.2, 0.25) is 0 Å². The van der Waals surface area contributed by atoms with E-state index in [-0.39, 0.29) is 37.6 Å². The normalized spacial score (nSPS) is 12.2. The first-order valence-electron chi connectivity index (χ1n) is 14.2. The number of ketones is 2. The Kier molecular flexibility index (Phi) is 12.2. The van der Waals surface area contributed by atoms with Gasteiger partial charge < -0.3 is 23.9 Å². The number of hydrogen-bond donors (Lipinski definition) is 1. The Morgan fingerprint density at radius 2 is 1.20 bits per heavy atom. The van der Waals surface area contributed by atoms with Crippen LogP contribution >= 0.6 is 0 Å². The van der Waals surface area contributed by atoms with E-state index < -0.39 is 41.9 Å². The Morgan fingerprint density at radius 1 is 0.659 bits per heavy atom. The molecule has 0 fully saturated rings. The molecule has 44 heavy (non-hydrogen) atoms. The minimum absolute atomic E-state index is 0.0548. The third-order valence-electron chi connectivity index (χ3n) is 6.85. The fourth-order valence-corrected chi connectivity index (χ4v) is 4.44. The molecule has 4 aromatic rings. The van der Waals surface area contributed by atoms with Gasteiger partial charge in [0.05, 0.1) is 38.7 Å². The van der Waals surface area contributed by atoms with Crippen molar-refractivity contribution < 1.29 is 38.1 Å². The number of methoxy groups -OCH3 is 1. The van der Waals surface area contributed by atoms with Crippen molar-refractivity contribution in [1.82, 2.24) is 4.98 Å². The van der Waals surface area contributed by atoms with Gasteiger partial charge in [0.1, 0.15) is 24.0 Å². The van der Waals surface area contributed by atoms with Gasteiger partial charge in [-0.2, -0.15) is 0 Å². The number of carbonyl (C=O) groups excluding carboxylic acids is 4. The van der Waals surface area contributed by atoms with Gasteiger partial charge in [-0.1, -0.05) is 91.0 Å². The highest BCUT2D eigenvalue weighted by molar-refractivity contribution is 6.06. The lowest BCUT2D eigenvalue weighted by molar-refractivity contribution is -0.154. The first kappa shape index (κ1) is 32.1. The van der Waals surface area contributed by atoms with Gasteiger partial charge >= 0.3 is 11.9 Å². The van der Waals surface area contributed by atoms with Crippen LogP contribution in [0.3, 0.4) is 0 Å². The van der Waals surface area contributed by atoms with Crippen molar-refractivity contribution in [2.45, 2.75) is 38.8 Å². The zero-order valence-corrected chi connectivity index (χ0v) is 24.5. The van der Waals surface area contributed by atoms with E-state index in [4.69, 9.17) is 14.2 Å². The Balaban J connectivity index is 1.48. The number of hydrogen-bond acceptors (Lipinski definition) is 8. The number of esters is 2. The van der Waals surface area contributed by atoms with Crippen molar-refractivity contribution in [2.75, 3.05) is 13.7 Å². The van der Waals surface area contributed by atoms with Gasteiger partial charge in [0, 0.05) is 12.8 Å². The second kappa shape index (κ2) is 16.7. The Labute approximate surface area is 256 Å². The smallest absolute Gasteiger partial charge is 0.354 e. The summed E-state index contributed by atoms with van der Waals surface area (Å²) in [6.45, 7) is 0.581. The standard InChI is InChI=1S/C35H35NO8/c1-41-35(40)31-18-17-30(36-31)33(38)20-29(34(39)44-23-27-15-9-4-10-16-27)32(37)19-28(43-22-26-13-7-3-8-14-26)24-42-21-25-11-5-2-6-12-25/h2-18,28-29,36H,19-24H2,1H3/t28-,29-/m0/s1. The number of H-pyrrole nitrogens is 1. The number of carbonyl (C=O) groups is 4. The third kappa shape index (κ3) is 9.86. The van der Waals surface area contributed by atoms with Crippen LogP contribution < -0.4 is 0 Å². The van der Waals surface area contributed by atoms with E-state index in [0.717, 1.165) is 16.7 Å². The summed E-state index contributed by atoms with van der Waals surface area (Å²) in [7, 11) is 1.22. The number of aromatic amines is 1. The van der Waals surface area contributed by atoms with Crippen LogP contribution in [0.15, 0.2) is 103 Å². The second-order valence-electron chi connectivity index (χ2n) is 10.1. The maximum absolute atomic E-state index is 13.7. The number of ether oxygens (including phenoxy) is 4. The van der Waals surface area contributed by atoms with Gasteiger partial charge in [0.15, 0.2) is 5.78 Å². The fourth-order valence-electron chi connectivity index (χ4n) is 4.44. The fraction of sp³-hybridized carbons (Fsp3) is 0.257. The highest BCUT2D eigenvalue weighted by Gasteiger charge is 2.33. The molecule has 0 aliphatic heterocycles. The van der Waals surface area contributed by atoms with Crippen molar-refractivity contribution in [3.63, 3.8) is 0 Å². The summed E-state index contributed by atoms with van der Waals surface area (Å²) in [5.41, 5.74) is 2.77. The predicted molar refractivity (Wildman–Crippen MR) is 162 cm³/mol. The van der Waals surface area contributed by atoms with Crippen molar-refractivity contribution in [3.8, 4) is 0 Å². The second-order valence-corrected chi connectivity index (χ2v) is 10.1. The highest BCUT2D eigenvalue weighted by Crippen LogP contribution is 2.19. The molecular weight excluding hydrogens is 562 g/mol. The molecule has 0 aliphatic rings. The maximum Gasteiger partial charge on any atom is 0.354 e. The molecule has 1 aromatic heterocycles. The van der Waals surface area contributed by atoms with E-state index >= 15 is 0 Å². The number of benzene rings is 3. The molecule has 1 heterocycles. The average molecular weight is 598 g/mol. The summed E-state index contributed by atoms with van der Waals surface area (Å²) >= 11 is 0. The van der Waals surface area contributed by atoms with Crippen LogP contribution in [0.5, 0.6) is 0 Å². The summed E-state index contributed by atoms with van der Waals surface area (Å²) in [6, 6.07) is 30.9. The van der Waals surface area contributed by atoms with Crippen LogP contribution in [0.4, 0.5) is 0 Å². The molecule has 2 atom stereocenters. The van der Waals surface area contributed by atoms with E-state index in [1.807, 2.05) is 78.9 Å². The van der Waals surface area contributed by atoms with Crippen molar-refractivity contribution in [2.24, 2.45) is 5.92 Å². The van der Waals surface area contributed by atoms with E-state index in [1.165, 1.54) is 19.2 Å². The SMILES string of the molecule is COC(=O)c1ccc(C(=O)C[C@@H](C(=O)C[C@@H](COCc2ccccc2)OCc2ccccc2)C(=O)OCc2ccccc2)[nH]1. The summed E-state index contributed by atoms with van der Waals surface area (Å²) in [4.78, 5) is 54.7. The number of nitrogens with one attached hydrogen (secondary N) is 1. The summed E-state index contributed by atoms with van der Waals surface area (Å²) in [6.07, 6.45) is -1.33. The number of Topliss-reactive ketones (excluding diaryl/α,β-unsaturated/α-hetero) is 2. The minimum Gasteiger partial charge on any atom is -0.464 e. The van der Waals surface area contributed by atoms with Crippen LogP contribution in [0.1, 0.15) is 50.5 Å². The lowest BCUT2D eigenvalue weighted by atomic mass is 9.93. The van der Waals surface area contributed by atoms with Crippen LogP contribution in [0.25, 0.3) is 0 Å². The van der Waals surface area contributed by atoms with Gasteiger partial charge in [-0.3, -0.25) is 14.4 Å². The van der Waals surface area contributed by atoms with Crippen molar-refractivity contribution in [1.29, 1.82) is 0 Å². The van der Waals surface area contributed by atoms with E-state index in [1.54, 1.807) is 12.1 Å². The summed E-state index contributed by atoms with van der Waals surface area (Å²) in [5.74, 6) is -3.91. The lowest BCUT2D eigenvalue weighted by Crippen LogP contribution is -2.33. The number of aromatic nitrogens is 1. The molecule has 0 unspecified atom stereocenters. The highest BCUT2D eigenvalue weighted by atomic mass is 16.5. The van der Waals surface area contributed by atoms with Gasteiger partial charge in [-0.25, -0.2) is 4.79 Å². The van der Waals surface area contributed by atoms with Gasteiger partial charge in [-0.15, -0.1) is 0 Å². The molecule has 9 nitrogen and oxygen atoms in total. The predicted octanol–water partition coefficient (Wildman–Crippen LogP) is 5.50. The quantitative estimate of drug-likeness (QED) is 0.0963. The molecule has 0 radical (unpaired) electrons. The number of rotatable bonds is 17. The van der Waals surface area contributed by atoms with Crippen molar-refractivity contribution >= 4 is 23.5 Å². The molecule has 0 saturated heterocycles. The summed E-state index contributed by atoms with van der Waals surface area (Å²) in [5, 5.41) is 0. The molecule has 4 rings (SSSR count). The zero-order chi connectivity index (χ0) is 31.1. The maximum atomic E-state index is 13.7. The van der Waals surface area contributed by atoms with Gasteiger partial charge in [-0.05, 0) is 28.8 Å². The molecule has 228 valence electrons. The third-order valence-corrected chi connectivity index (χ3v) is 6.85.